The Bertz CT molecular complexity index is 540. The van der Waals surface area contributed by atoms with Crippen molar-refractivity contribution in [3.05, 3.63) is 46.7 Å². The molecular formula is C12H9BrN2O2. The molecule has 17 heavy (non-hydrogen) atoms. The molecule has 0 N–H and O–H groups in total. The van der Waals surface area contributed by atoms with Crippen LogP contribution in [0.1, 0.15) is 10.4 Å². The van der Waals surface area contributed by atoms with Crippen LogP contribution < -0.4 is 0 Å². The maximum Gasteiger partial charge on any atom is 0.341 e. The number of ether oxygens (including phenoxy) is 1. The fourth-order valence-corrected chi connectivity index (χ4v) is 1.73. The topological polar surface area (TPSA) is 52.1 Å². The van der Waals surface area contributed by atoms with Crippen LogP contribution in [0.3, 0.4) is 0 Å². The van der Waals surface area contributed by atoms with Crippen molar-refractivity contribution in [2.75, 3.05) is 7.11 Å². The standard InChI is InChI=1S/C12H9BrN2O2/c1-17-12(16)9-6-14-11(15-7-9)8-3-2-4-10(13)5-8/h2-7H,1H3. The van der Waals surface area contributed by atoms with Gasteiger partial charge in [-0.2, -0.15) is 0 Å². The van der Waals surface area contributed by atoms with E-state index in [-0.39, 0.29) is 0 Å². The Labute approximate surface area is 107 Å². The molecule has 1 aromatic carbocycles. The number of carbonyl (C=O) groups excluding carboxylic acids is 1. The van der Waals surface area contributed by atoms with E-state index < -0.39 is 5.97 Å². The SMILES string of the molecule is COC(=O)c1cnc(-c2cccc(Br)c2)nc1. The van der Waals surface area contributed by atoms with Crippen LogP contribution in [-0.2, 0) is 4.74 Å². The third-order valence-electron chi connectivity index (χ3n) is 2.16. The first-order valence-electron chi connectivity index (χ1n) is 4.87. The van der Waals surface area contributed by atoms with Crippen LogP contribution in [0.4, 0.5) is 0 Å². The van der Waals surface area contributed by atoms with Gasteiger partial charge in [-0.3, -0.25) is 0 Å². The molecule has 0 aliphatic rings. The van der Waals surface area contributed by atoms with Crippen LogP contribution in [0.2, 0.25) is 0 Å². The monoisotopic (exact) mass is 292 g/mol. The molecule has 2 aromatic rings. The molecule has 4 nitrogen and oxygen atoms in total. The van der Waals surface area contributed by atoms with Crippen molar-refractivity contribution in [1.82, 2.24) is 9.97 Å². The van der Waals surface area contributed by atoms with Crippen molar-refractivity contribution >= 4 is 21.9 Å². The highest BCUT2D eigenvalue weighted by molar-refractivity contribution is 9.10. The van der Waals surface area contributed by atoms with Crippen LogP contribution in [-0.4, -0.2) is 23.0 Å². The van der Waals surface area contributed by atoms with Gasteiger partial charge in [0.1, 0.15) is 0 Å². The van der Waals surface area contributed by atoms with E-state index in [4.69, 9.17) is 0 Å². The van der Waals surface area contributed by atoms with Crippen LogP contribution in [0.25, 0.3) is 11.4 Å². The molecule has 0 amide bonds. The van der Waals surface area contributed by atoms with E-state index in [9.17, 15) is 4.79 Å². The molecule has 0 fully saturated rings. The third kappa shape index (κ3) is 2.68. The predicted molar refractivity (Wildman–Crippen MR) is 66.5 cm³/mol. The summed E-state index contributed by atoms with van der Waals surface area (Å²) in [6, 6.07) is 7.63. The summed E-state index contributed by atoms with van der Waals surface area (Å²) in [7, 11) is 1.32. The van der Waals surface area contributed by atoms with Crippen molar-refractivity contribution in [2.45, 2.75) is 0 Å². The van der Waals surface area contributed by atoms with Crippen molar-refractivity contribution in [3.63, 3.8) is 0 Å². The number of aromatic nitrogens is 2. The van der Waals surface area contributed by atoms with Gasteiger partial charge in [0.15, 0.2) is 5.82 Å². The van der Waals surface area contributed by atoms with Gasteiger partial charge in [0.25, 0.3) is 0 Å². The molecule has 0 bridgehead atoms. The molecule has 0 atom stereocenters. The highest BCUT2D eigenvalue weighted by Gasteiger charge is 2.07. The number of hydrogen-bond acceptors (Lipinski definition) is 4. The summed E-state index contributed by atoms with van der Waals surface area (Å²) >= 11 is 3.38. The zero-order valence-corrected chi connectivity index (χ0v) is 10.6. The molecule has 0 aliphatic carbocycles. The van der Waals surface area contributed by atoms with Crippen LogP contribution in [0.5, 0.6) is 0 Å². The molecule has 86 valence electrons. The predicted octanol–water partition coefficient (Wildman–Crippen LogP) is 2.69. The molecule has 0 saturated heterocycles. The van der Waals surface area contributed by atoms with E-state index in [0.717, 1.165) is 10.0 Å². The second-order valence-electron chi connectivity index (χ2n) is 3.30. The maximum absolute atomic E-state index is 11.2. The molecular weight excluding hydrogens is 284 g/mol. The van der Waals surface area contributed by atoms with E-state index in [0.29, 0.717) is 11.4 Å². The third-order valence-corrected chi connectivity index (χ3v) is 2.65. The van der Waals surface area contributed by atoms with Crippen LogP contribution >= 0.6 is 15.9 Å². The fourth-order valence-electron chi connectivity index (χ4n) is 1.33. The van der Waals surface area contributed by atoms with Gasteiger partial charge in [0, 0.05) is 22.4 Å². The van der Waals surface area contributed by atoms with Gasteiger partial charge < -0.3 is 4.74 Å². The Hall–Kier alpha value is -1.75. The molecule has 5 heteroatoms. The Morgan fingerprint density at radius 2 is 2.00 bits per heavy atom. The number of halogens is 1. The first-order valence-corrected chi connectivity index (χ1v) is 5.66. The quantitative estimate of drug-likeness (QED) is 0.799. The molecule has 2 rings (SSSR count). The van der Waals surface area contributed by atoms with Gasteiger partial charge in [-0.05, 0) is 12.1 Å². The molecule has 1 heterocycles. The zero-order chi connectivity index (χ0) is 12.3. The lowest BCUT2D eigenvalue weighted by atomic mass is 10.2. The van der Waals surface area contributed by atoms with Crippen molar-refractivity contribution in [1.29, 1.82) is 0 Å². The molecule has 0 aliphatic heterocycles. The largest absolute Gasteiger partial charge is 0.465 e. The summed E-state index contributed by atoms with van der Waals surface area (Å²) in [6.07, 6.45) is 2.91. The second kappa shape index (κ2) is 5.05. The Morgan fingerprint density at radius 3 is 2.59 bits per heavy atom. The summed E-state index contributed by atoms with van der Waals surface area (Å²) < 4.78 is 5.53. The van der Waals surface area contributed by atoms with Crippen LogP contribution in [0.15, 0.2) is 41.1 Å². The van der Waals surface area contributed by atoms with Crippen molar-refractivity contribution in [3.8, 4) is 11.4 Å². The Morgan fingerprint density at radius 1 is 1.29 bits per heavy atom. The minimum Gasteiger partial charge on any atom is -0.465 e. The lowest BCUT2D eigenvalue weighted by molar-refractivity contribution is 0.0600. The van der Waals surface area contributed by atoms with E-state index in [1.165, 1.54) is 19.5 Å². The highest BCUT2D eigenvalue weighted by atomic mass is 79.9. The van der Waals surface area contributed by atoms with Gasteiger partial charge >= 0.3 is 5.97 Å². The van der Waals surface area contributed by atoms with Gasteiger partial charge in [0.2, 0.25) is 0 Å². The highest BCUT2D eigenvalue weighted by Crippen LogP contribution is 2.19. The molecule has 0 spiro atoms. The minimum absolute atomic E-state index is 0.339. The lowest BCUT2D eigenvalue weighted by Crippen LogP contribution is -2.03. The lowest BCUT2D eigenvalue weighted by Gasteiger charge is -2.02. The van der Waals surface area contributed by atoms with Gasteiger partial charge in [-0.1, -0.05) is 28.1 Å². The molecule has 0 unspecified atom stereocenters. The van der Waals surface area contributed by atoms with Gasteiger partial charge in [-0.25, -0.2) is 14.8 Å². The summed E-state index contributed by atoms with van der Waals surface area (Å²) in [4.78, 5) is 19.5. The number of nitrogens with zero attached hydrogens (tertiary/aromatic N) is 2. The van der Waals surface area contributed by atoms with Gasteiger partial charge in [-0.15, -0.1) is 0 Å². The first kappa shape index (κ1) is 11.7. The average Bonchev–Trinajstić information content (AvgIpc) is 2.38. The smallest absolute Gasteiger partial charge is 0.341 e. The van der Waals surface area contributed by atoms with E-state index in [2.05, 4.69) is 30.6 Å². The fraction of sp³-hybridized carbons (Fsp3) is 0.0833. The van der Waals surface area contributed by atoms with E-state index >= 15 is 0 Å². The van der Waals surface area contributed by atoms with Crippen LogP contribution in [0, 0.1) is 0 Å². The first-order chi connectivity index (χ1) is 8.20. The second-order valence-corrected chi connectivity index (χ2v) is 4.21. The summed E-state index contributed by atoms with van der Waals surface area (Å²) in [5.74, 6) is 0.129. The number of carbonyl (C=O) groups is 1. The maximum atomic E-state index is 11.2. The number of hydrogen-bond donors (Lipinski definition) is 0. The van der Waals surface area contributed by atoms with E-state index in [1.54, 1.807) is 0 Å². The Balaban J connectivity index is 2.32. The summed E-state index contributed by atoms with van der Waals surface area (Å²) in [6.45, 7) is 0. The van der Waals surface area contributed by atoms with Crippen molar-refractivity contribution < 1.29 is 9.53 Å². The average molecular weight is 293 g/mol. The number of rotatable bonds is 2. The molecule has 0 saturated carbocycles. The molecule has 1 aromatic heterocycles. The number of benzene rings is 1. The van der Waals surface area contributed by atoms with E-state index in [1.807, 2.05) is 24.3 Å². The van der Waals surface area contributed by atoms with Crippen molar-refractivity contribution in [2.24, 2.45) is 0 Å². The minimum atomic E-state index is -0.439. The molecule has 0 radical (unpaired) electrons. The normalized spacial score (nSPS) is 10.0. The zero-order valence-electron chi connectivity index (χ0n) is 9.05. The Kier molecular flexibility index (Phi) is 3.49. The summed E-state index contributed by atoms with van der Waals surface area (Å²) in [5.41, 5.74) is 1.22. The number of methoxy groups -OCH3 is 1. The summed E-state index contributed by atoms with van der Waals surface area (Å²) in [5, 5.41) is 0. The van der Waals surface area contributed by atoms with Gasteiger partial charge in [0.05, 0.1) is 12.7 Å². The number of esters is 1.